The summed E-state index contributed by atoms with van der Waals surface area (Å²) >= 11 is 5.15. The Morgan fingerprint density at radius 1 is 1.83 bits per heavy atom. The van der Waals surface area contributed by atoms with Crippen LogP contribution in [-0.4, -0.2) is 0 Å². The molecule has 2 atom stereocenters. The summed E-state index contributed by atoms with van der Waals surface area (Å²) in [7, 11) is 0. The molecule has 2 unspecified atom stereocenters. The van der Waals surface area contributed by atoms with Crippen molar-refractivity contribution in [2.45, 2.75) is 19.3 Å². The lowest BCUT2D eigenvalue weighted by Crippen LogP contribution is -1.89. The van der Waals surface area contributed by atoms with Crippen LogP contribution >= 0.6 is 27.3 Å². The van der Waals surface area contributed by atoms with Gasteiger partial charge in [-0.05, 0) is 35.3 Å². The van der Waals surface area contributed by atoms with Crippen molar-refractivity contribution in [3.63, 3.8) is 0 Å². The predicted molar refractivity (Wildman–Crippen MR) is 53.1 cm³/mol. The minimum Gasteiger partial charge on any atom is -0.198 e. The van der Waals surface area contributed by atoms with E-state index < -0.39 is 0 Å². The van der Waals surface area contributed by atoms with E-state index in [1.54, 1.807) is 11.3 Å². The molecule has 1 heterocycles. The van der Waals surface area contributed by atoms with Gasteiger partial charge in [0.1, 0.15) is 0 Å². The molecule has 0 N–H and O–H groups in total. The van der Waals surface area contributed by atoms with Crippen molar-refractivity contribution in [1.82, 2.24) is 0 Å². The number of halogens is 1. The van der Waals surface area contributed by atoms with Crippen LogP contribution in [0.3, 0.4) is 0 Å². The molecule has 3 heteroatoms. The molecule has 62 valence electrons. The van der Waals surface area contributed by atoms with Crippen molar-refractivity contribution in [2.75, 3.05) is 0 Å². The summed E-state index contributed by atoms with van der Waals surface area (Å²) < 4.78 is 1.13. The standard InChI is InChI=1S/C9H8BrNS/c1-9(5-11)3-7(9)8-2-6(10)4-12-8/h2,4,7H,3H2,1H3. The molecule has 1 aromatic rings. The van der Waals surface area contributed by atoms with Crippen LogP contribution in [-0.2, 0) is 0 Å². The van der Waals surface area contributed by atoms with Gasteiger partial charge < -0.3 is 0 Å². The number of hydrogen-bond acceptors (Lipinski definition) is 2. The monoisotopic (exact) mass is 241 g/mol. The first-order chi connectivity index (χ1) is 5.65. The largest absolute Gasteiger partial charge is 0.198 e. The zero-order chi connectivity index (χ0) is 8.77. The minimum atomic E-state index is -0.0791. The lowest BCUT2D eigenvalue weighted by molar-refractivity contribution is 0.732. The third kappa shape index (κ3) is 1.19. The van der Waals surface area contributed by atoms with Crippen molar-refractivity contribution < 1.29 is 0 Å². The molecule has 1 fully saturated rings. The lowest BCUT2D eigenvalue weighted by Gasteiger charge is -1.95. The highest BCUT2D eigenvalue weighted by Crippen LogP contribution is 2.59. The maximum Gasteiger partial charge on any atom is 0.0693 e. The summed E-state index contributed by atoms with van der Waals surface area (Å²) in [5.41, 5.74) is -0.0791. The van der Waals surface area contributed by atoms with Gasteiger partial charge in [-0.1, -0.05) is 0 Å². The molecule has 1 aliphatic carbocycles. The maximum absolute atomic E-state index is 8.85. The van der Waals surface area contributed by atoms with Gasteiger partial charge in [0.15, 0.2) is 0 Å². The van der Waals surface area contributed by atoms with Crippen LogP contribution in [0, 0.1) is 16.7 Å². The van der Waals surface area contributed by atoms with Gasteiger partial charge in [-0.25, -0.2) is 0 Å². The Bertz CT molecular complexity index is 352. The number of nitrogens with zero attached hydrogens (tertiary/aromatic N) is 1. The number of rotatable bonds is 1. The van der Waals surface area contributed by atoms with Crippen LogP contribution in [0.1, 0.15) is 24.1 Å². The highest BCUT2D eigenvalue weighted by atomic mass is 79.9. The molecular weight excluding hydrogens is 234 g/mol. The summed E-state index contributed by atoms with van der Waals surface area (Å²) in [5, 5.41) is 10.9. The molecular formula is C9H8BrNS. The van der Waals surface area contributed by atoms with E-state index in [1.807, 2.05) is 6.92 Å². The van der Waals surface area contributed by atoms with Crippen LogP contribution in [0.15, 0.2) is 15.9 Å². The van der Waals surface area contributed by atoms with Crippen molar-refractivity contribution in [2.24, 2.45) is 5.41 Å². The van der Waals surface area contributed by atoms with Crippen molar-refractivity contribution in [3.8, 4) is 6.07 Å². The van der Waals surface area contributed by atoms with E-state index in [2.05, 4.69) is 33.4 Å². The Morgan fingerprint density at radius 2 is 2.58 bits per heavy atom. The van der Waals surface area contributed by atoms with Crippen LogP contribution in [0.4, 0.5) is 0 Å². The van der Waals surface area contributed by atoms with Crippen LogP contribution in [0.5, 0.6) is 0 Å². The Kier molecular flexibility index (Phi) is 1.78. The van der Waals surface area contributed by atoms with Crippen molar-refractivity contribution >= 4 is 27.3 Å². The third-order valence-corrected chi connectivity index (χ3v) is 4.23. The molecule has 0 aromatic carbocycles. The molecule has 0 saturated heterocycles. The Labute approximate surface area is 84.2 Å². The summed E-state index contributed by atoms with van der Waals surface area (Å²) in [6.07, 6.45) is 1.02. The summed E-state index contributed by atoms with van der Waals surface area (Å²) in [6, 6.07) is 4.49. The second-order valence-electron chi connectivity index (χ2n) is 3.45. The average Bonchev–Trinajstić information content (AvgIpc) is 2.54. The Hall–Kier alpha value is -0.330. The van der Waals surface area contributed by atoms with E-state index in [1.165, 1.54) is 4.88 Å². The fourth-order valence-electron chi connectivity index (χ4n) is 1.41. The molecule has 1 nitrogen and oxygen atoms in total. The van der Waals surface area contributed by atoms with Crippen molar-refractivity contribution in [3.05, 3.63) is 20.8 Å². The summed E-state index contributed by atoms with van der Waals surface area (Å²) in [4.78, 5) is 1.34. The lowest BCUT2D eigenvalue weighted by atomic mass is 10.1. The van der Waals surface area contributed by atoms with Gasteiger partial charge in [0.05, 0.1) is 11.5 Å². The second kappa shape index (κ2) is 2.58. The van der Waals surface area contributed by atoms with E-state index in [-0.39, 0.29) is 5.41 Å². The first kappa shape index (κ1) is 8.28. The molecule has 1 aliphatic rings. The van der Waals surface area contributed by atoms with Gasteiger partial charge in [-0.15, -0.1) is 11.3 Å². The zero-order valence-corrected chi connectivity index (χ0v) is 9.08. The topological polar surface area (TPSA) is 23.8 Å². The summed E-state index contributed by atoms with van der Waals surface area (Å²) in [5.74, 6) is 0.485. The van der Waals surface area contributed by atoms with E-state index in [0.29, 0.717) is 5.92 Å². The zero-order valence-electron chi connectivity index (χ0n) is 6.67. The third-order valence-electron chi connectivity index (χ3n) is 2.42. The van der Waals surface area contributed by atoms with Crippen LogP contribution in [0.2, 0.25) is 0 Å². The van der Waals surface area contributed by atoms with Gasteiger partial charge in [0, 0.05) is 20.6 Å². The van der Waals surface area contributed by atoms with E-state index >= 15 is 0 Å². The first-order valence-electron chi connectivity index (χ1n) is 3.81. The summed E-state index contributed by atoms with van der Waals surface area (Å²) in [6.45, 7) is 2.03. The van der Waals surface area contributed by atoms with Gasteiger partial charge in [0.25, 0.3) is 0 Å². The normalized spacial score (nSPS) is 32.9. The van der Waals surface area contributed by atoms with E-state index in [9.17, 15) is 0 Å². The van der Waals surface area contributed by atoms with Crippen molar-refractivity contribution in [1.29, 1.82) is 5.26 Å². The number of hydrogen-bond donors (Lipinski definition) is 0. The molecule has 0 bridgehead atoms. The smallest absolute Gasteiger partial charge is 0.0693 e. The van der Waals surface area contributed by atoms with Crippen LogP contribution < -0.4 is 0 Å². The second-order valence-corrected chi connectivity index (χ2v) is 5.31. The Balaban J connectivity index is 2.22. The molecule has 12 heavy (non-hydrogen) atoms. The fourth-order valence-corrected chi connectivity index (χ4v) is 3.11. The molecule has 0 spiro atoms. The number of nitriles is 1. The molecule has 0 aliphatic heterocycles. The van der Waals surface area contributed by atoms with Gasteiger partial charge in [-0.2, -0.15) is 5.26 Å². The molecule has 0 radical (unpaired) electrons. The first-order valence-corrected chi connectivity index (χ1v) is 5.48. The van der Waals surface area contributed by atoms with E-state index in [4.69, 9.17) is 5.26 Å². The molecule has 0 amide bonds. The average molecular weight is 242 g/mol. The predicted octanol–water partition coefficient (Wildman–Crippen LogP) is 3.53. The molecule has 1 aromatic heterocycles. The quantitative estimate of drug-likeness (QED) is 0.739. The van der Waals surface area contributed by atoms with Gasteiger partial charge in [0.2, 0.25) is 0 Å². The molecule has 2 rings (SSSR count). The highest BCUT2D eigenvalue weighted by Gasteiger charge is 2.52. The van der Waals surface area contributed by atoms with Gasteiger partial charge in [-0.3, -0.25) is 0 Å². The minimum absolute atomic E-state index is 0.0791. The molecule has 1 saturated carbocycles. The Morgan fingerprint density at radius 3 is 3.00 bits per heavy atom. The van der Waals surface area contributed by atoms with Gasteiger partial charge >= 0.3 is 0 Å². The fraction of sp³-hybridized carbons (Fsp3) is 0.444. The van der Waals surface area contributed by atoms with Crippen LogP contribution in [0.25, 0.3) is 0 Å². The highest BCUT2D eigenvalue weighted by molar-refractivity contribution is 9.10. The maximum atomic E-state index is 8.85. The van der Waals surface area contributed by atoms with E-state index in [0.717, 1.165) is 10.9 Å². The number of thiophene rings is 1. The SMILES string of the molecule is CC1(C#N)CC1c1cc(Br)cs1.